The van der Waals surface area contributed by atoms with Gasteiger partial charge >= 0.3 is 7.82 Å². The first-order chi connectivity index (χ1) is 34.1. The first-order valence-electron chi connectivity index (χ1n) is 25.5. The lowest BCUT2D eigenvalue weighted by atomic mass is 10.0. The number of aliphatic hydroxyl groups excluding tert-OH is 2. The lowest BCUT2D eigenvalue weighted by Crippen LogP contribution is -2.58. The Labute approximate surface area is 419 Å². The van der Waals surface area contributed by atoms with E-state index in [0.29, 0.717) is 129 Å². The molecule has 25 heteroatoms. The minimum Gasteiger partial charge on any atom is -0.396 e. The molecule has 0 spiro atoms. The fourth-order valence-electron chi connectivity index (χ4n) is 7.25. The van der Waals surface area contributed by atoms with Crippen LogP contribution in [0.15, 0.2) is 0 Å². The van der Waals surface area contributed by atoms with Crippen LogP contribution in [0.3, 0.4) is 0 Å². The molecule has 0 aromatic heterocycles. The van der Waals surface area contributed by atoms with Crippen LogP contribution in [0, 0.1) is 0 Å². The van der Waals surface area contributed by atoms with Gasteiger partial charge in [-0.2, -0.15) is 0 Å². The van der Waals surface area contributed by atoms with E-state index >= 15 is 0 Å². The van der Waals surface area contributed by atoms with Crippen molar-refractivity contribution in [3.8, 4) is 0 Å². The summed E-state index contributed by atoms with van der Waals surface area (Å²) in [5.41, 5.74) is 4.24. The summed E-state index contributed by atoms with van der Waals surface area (Å²) in [5.74, 6) is -1.58. The molecule has 24 nitrogen and oxygen atoms in total. The van der Waals surface area contributed by atoms with Crippen molar-refractivity contribution in [2.45, 2.75) is 153 Å². The second-order valence-electron chi connectivity index (χ2n) is 17.6. The highest BCUT2D eigenvalue weighted by Gasteiger charge is 2.35. The fraction of sp³-hybridized carbons (Fsp3) is 0.848. The van der Waals surface area contributed by atoms with E-state index in [-0.39, 0.29) is 126 Å². The molecule has 0 unspecified atom stereocenters. The molecule has 7 amide bonds. The highest BCUT2D eigenvalue weighted by atomic mass is 31.2. The third kappa shape index (κ3) is 36.7. The molecule has 0 bridgehead atoms. The number of nitrogens with one attached hydrogen (secondary N) is 6. The molecule has 0 radical (unpaired) electrons. The Bertz CT molecular complexity index is 1510. The van der Waals surface area contributed by atoms with E-state index in [1.165, 1.54) is 4.90 Å². The maximum absolute atomic E-state index is 13.6. The smallest absolute Gasteiger partial charge is 0.396 e. The average molecular weight is 1040 g/mol. The van der Waals surface area contributed by atoms with Crippen molar-refractivity contribution in [1.29, 1.82) is 0 Å². The highest BCUT2D eigenvalue weighted by molar-refractivity contribution is 7.46. The monoisotopic (exact) mass is 1040 g/mol. The number of nitrogens with zero attached hydrogens (tertiary/aromatic N) is 1. The van der Waals surface area contributed by atoms with E-state index in [4.69, 9.17) is 44.5 Å². The minimum absolute atomic E-state index is 0.00620. The molecule has 1 aliphatic heterocycles. The number of amides is 7. The first kappa shape index (κ1) is 65.2. The molecule has 1 rings (SSSR count). The van der Waals surface area contributed by atoms with Crippen LogP contribution in [-0.4, -0.2) is 177 Å². The van der Waals surface area contributed by atoms with Crippen LogP contribution < -0.4 is 37.6 Å². The molecule has 0 aromatic rings. The van der Waals surface area contributed by atoms with Gasteiger partial charge in [0.25, 0.3) is 0 Å². The molecular formula is C46H87N8O16P. The number of carbonyl (C=O) groups is 7. The van der Waals surface area contributed by atoms with E-state index in [2.05, 4.69) is 31.9 Å². The topological polar surface area (TPSA) is 356 Å². The van der Waals surface area contributed by atoms with Crippen molar-refractivity contribution in [2.75, 3.05) is 98.7 Å². The van der Waals surface area contributed by atoms with Crippen LogP contribution in [0.2, 0.25) is 0 Å². The van der Waals surface area contributed by atoms with Gasteiger partial charge in [0.1, 0.15) is 11.8 Å². The van der Waals surface area contributed by atoms with Crippen molar-refractivity contribution in [1.82, 2.24) is 36.8 Å². The maximum atomic E-state index is 13.6. The van der Waals surface area contributed by atoms with Crippen molar-refractivity contribution >= 4 is 49.2 Å². The molecule has 1 heterocycles. The number of ether oxygens (including phenoxy) is 3. The Kier molecular flexibility index (Phi) is 38.2. The predicted octanol–water partition coefficient (Wildman–Crippen LogP) is 0.275. The van der Waals surface area contributed by atoms with Gasteiger partial charge in [0.2, 0.25) is 41.4 Å². The third-order valence-corrected chi connectivity index (χ3v) is 11.6. The van der Waals surface area contributed by atoms with Crippen molar-refractivity contribution < 1.29 is 76.9 Å². The molecule has 1 aliphatic rings. The molecule has 1 saturated heterocycles. The van der Waals surface area contributed by atoms with Gasteiger partial charge in [-0.15, -0.1) is 0 Å². The number of nitrogens with two attached hydrogens (primary N) is 1. The quantitative estimate of drug-likeness (QED) is 0.0288. The summed E-state index contributed by atoms with van der Waals surface area (Å²) in [4.78, 5) is 107. The lowest BCUT2D eigenvalue weighted by Gasteiger charge is -2.34. The third-order valence-electron chi connectivity index (χ3n) is 11.1. The summed E-state index contributed by atoms with van der Waals surface area (Å²) >= 11 is 0. The summed E-state index contributed by atoms with van der Waals surface area (Å²) in [7, 11) is -4.72. The highest BCUT2D eigenvalue weighted by Crippen LogP contribution is 2.41. The van der Waals surface area contributed by atoms with Crippen molar-refractivity contribution in [3.63, 3.8) is 0 Å². The molecule has 0 aromatic carbocycles. The van der Waals surface area contributed by atoms with Gasteiger partial charge in [0.05, 0.1) is 39.6 Å². The van der Waals surface area contributed by atoms with Gasteiger partial charge in [-0.05, 0) is 77.2 Å². The summed E-state index contributed by atoms with van der Waals surface area (Å²) in [6.45, 7) is 2.25. The van der Waals surface area contributed by atoms with E-state index in [0.717, 1.165) is 25.7 Å². The molecule has 1 fully saturated rings. The number of phosphoric acid groups is 1. The summed E-state index contributed by atoms with van der Waals surface area (Å²) in [6.07, 6.45) is 9.23. The minimum atomic E-state index is -4.72. The van der Waals surface area contributed by atoms with Gasteiger partial charge in [-0.1, -0.05) is 25.7 Å². The SMILES string of the molecule is NCCCNC(=O)CCOCC(COCCC(=O)NCCCNC(=O)CCCCO)(COCCC(=O)NCCCNC(=O)CCCCO)NC(=O)CCCCCCCCC(=O)N1CCC[C@H]1OP(=O)(O)O. The zero-order valence-electron chi connectivity index (χ0n) is 41.9. The Balaban J connectivity index is 2.84. The number of phosphoric ester groups is 1. The van der Waals surface area contributed by atoms with E-state index in [9.17, 15) is 38.1 Å². The van der Waals surface area contributed by atoms with Crippen molar-refractivity contribution in [3.05, 3.63) is 0 Å². The number of aliphatic hydroxyl groups is 2. The van der Waals surface area contributed by atoms with Crippen LogP contribution in [-0.2, 0) is 56.9 Å². The normalized spacial score (nSPS) is 13.7. The van der Waals surface area contributed by atoms with E-state index in [1.807, 2.05) is 0 Å². The second-order valence-corrected chi connectivity index (χ2v) is 18.8. The number of hydrogen-bond donors (Lipinski definition) is 11. The van der Waals surface area contributed by atoms with Crippen molar-refractivity contribution in [2.24, 2.45) is 5.73 Å². The van der Waals surface area contributed by atoms with Crippen LogP contribution in [0.25, 0.3) is 0 Å². The van der Waals surface area contributed by atoms with Crippen LogP contribution >= 0.6 is 7.82 Å². The molecule has 412 valence electrons. The maximum Gasteiger partial charge on any atom is 0.471 e. The lowest BCUT2D eigenvalue weighted by molar-refractivity contribution is -0.137. The first-order valence-corrected chi connectivity index (χ1v) is 27.0. The second kappa shape index (κ2) is 41.6. The summed E-state index contributed by atoms with van der Waals surface area (Å²) in [5, 5.41) is 34.7. The number of carbonyl (C=O) groups excluding carboxylic acids is 7. The van der Waals surface area contributed by atoms with Crippen LogP contribution in [0.4, 0.5) is 0 Å². The number of likely N-dealkylation sites (tertiary alicyclic amines) is 1. The largest absolute Gasteiger partial charge is 0.471 e. The number of unbranched alkanes of at least 4 members (excludes halogenated alkanes) is 7. The molecule has 0 aliphatic carbocycles. The van der Waals surface area contributed by atoms with Crippen LogP contribution in [0.5, 0.6) is 0 Å². The van der Waals surface area contributed by atoms with E-state index in [1.54, 1.807) is 0 Å². The zero-order chi connectivity index (χ0) is 52.4. The molecule has 12 N–H and O–H groups in total. The Hall–Kier alpha value is -3.84. The Morgan fingerprint density at radius 3 is 1.32 bits per heavy atom. The summed E-state index contributed by atoms with van der Waals surface area (Å²) < 4.78 is 34.0. The molecule has 71 heavy (non-hydrogen) atoms. The Morgan fingerprint density at radius 1 is 0.521 bits per heavy atom. The van der Waals surface area contributed by atoms with Gasteiger partial charge in [0.15, 0.2) is 0 Å². The predicted molar refractivity (Wildman–Crippen MR) is 262 cm³/mol. The fourth-order valence-corrected chi connectivity index (χ4v) is 7.78. The molecule has 1 atom stereocenters. The molecular weight excluding hydrogens is 952 g/mol. The number of hydrogen-bond acceptors (Lipinski definition) is 15. The van der Waals surface area contributed by atoms with Gasteiger partial charge < -0.3 is 76.7 Å². The molecule has 0 saturated carbocycles. The van der Waals surface area contributed by atoms with Gasteiger partial charge in [-0.3, -0.25) is 38.1 Å². The average Bonchev–Trinajstić information content (AvgIpc) is 3.78. The number of rotatable bonds is 46. The zero-order valence-corrected chi connectivity index (χ0v) is 42.8. The van der Waals surface area contributed by atoms with Gasteiger partial charge in [0, 0.05) is 97.4 Å². The van der Waals surface area contributed by atoms with Gasteiger partial charge in [-0.25, -0.2) is 4.57 Å². The standard InChI is InChI=1S/C46H87N8O16P/c47-23-12-24-48-40(59)20-32-67-35-46(36-68-33-21-41(60)51-27-13-25-49-38(57)15-7-9-30-55,37-69-34-22-42(61)52-28-14-26-50-39(58)16-8-10-31-56)53-43(62)17-5-3-1-2-4-6-18-44(63)54-29-11-19-45(54)70-71(64,65)66/h45,55-56H,1-37,47H2,(H,48,59)(H,49,57)(H,50,58)(H,51,60)(H,52,61)(H,53,62)(H2,64,65,66)/t45-/m1/s1. The summed E-state index contributed by atoms with van der Waals surface area (Å²) in [6, 6.07) is 0. The Morgan fingerprint density at radius 2 is 0.901 bits per heavy atom. The van der Waals surface area contributed by atoms with E-state index < -0.39 is 19.6 Å². The van der Waals surface area contributed by atoms with Crippen LogP contribution in [0.1, 0.15) is 141 Å².